The minimum Gasteiger partial charge on any atom is -0.376 e. The molecule has 2 atom stereocenters. The van der Waals surface area contributed by atoms with Gasteiger partial charge in [0.05, 0.1) is 18.2 Å². The van der Waals surface area contributed by atoms with Gasteiger partial charge < -0.3 is 19.5 Å². The minimum atomic E-state index is -4.23. The van der Waals surface area contributed by atoms with Gasteiger partial charge in [-0.05, 0) is 56.7 Å². The number of rotatable bonds is 5. The van der Waals surface area contributed by atoms with E-state index >= 15 is 0 Å². The van der Waals surface area contributed by atoms with E-state index in [9.17, 15) is 18.0 Å². The van der Waals surface area contributed by atoms with Gasteiger partial charge in [0.2, 0.25) is 0 Å². The van der Waals surface area contributed by atoms with Crippen molar-refractivity contribution in [2.24, 2.45) is 13.0 Å². The van der Waals surface area contributed by atoms with Crippen molar-refractivity contribution in [3.05, 3.63) is 51.7 Å². The van der Waals surface area contributed by atoms with Crippen LogP contribution < -0.4 is 15.9 Å². The van der Waals surface area contributed by atoms with E-state index in [1.165, 1.54) is 0 Å². The molecule has 11 heteroatoms. The van der Waals surface area contributed by atoms with Gasteiger partial charge in [-0.1, -0.05) is 39.8 Å². The lowest BCUT2D eigenvalue weighted by Crippen LogP contribution is -2.50. The predicted molar refractivity (Wildman–Crippen MR) is 157 cm³/mol. The second kappa shape index (κ2) is 14.3. The van der Waals surface area contributed by atoms with Crippen LogP contribution in [0.3, 0.4) is 0 Å². The van der Waals surface area contributed by atoms with E-state index in [4.69, 9.17) is 9.72 Å². The van der Waals surface area contributed by atoms with E-state index in [0.29, 0.717) is 11.7 Å². The Labute approximate surface area is 240 Å². The Morgan fingerprint density at radius 1 is 1.15 bits per heavy atom. The van der Waals surface area contributed by atoms with Gasteiger partial charge in [0.1, 0.15) is 17.0 Å². The standard InChI is InChI=1S/C17H26N6O2.C11H13F3.C2H6/c1-11-9-18-6-7-22(11)15-14-16(21(3)17(24)20-15)23(12(2)19-14)10-13-5-4-8-25-13;1-8(2)7-9-3-5-10(6-4-9)11(12,13)14;1-2/h11,13,18H,4-10H2,1-3H3;3-6,8H,7H2,1-2H3;1-2H3. The van der Waals surface area contributed by atoms with Gasteiger partial charge in [-0.15, -0.1) is 0 Å². The Morgan fingerprint density at radius 2 is 1.83 bits per heavy atom. The summed E-state index contributed by atoms with van der Waals surface area (Å²) < 4.78 is 46.1. The summed E-state index contributed by atoms with van der Waals surface area (Å²) in [6.45, 7) is 16.4. The molecule has 2 aromatic heterocycles. The number of benzene rings is 1. The monoisotopic (exact) mass is 578 g/mol. The summed E-state index contributed by atoms with van der Waals surface area (Å²) in [6, 6.07) is 5.64. The molecule has 5 rings (SSSR count). The molecule has 1 N–H and O–H groups in total. The van der Waals surface area contributed by atoms with Crippen LogP contribution in [0.5, 0.6) is 0 Å². The van der Waals surface area contributed by atoms with Crippen LogP contribution in [0.4, 0.5) is 19.0 Å². The molecule has 0 saturated carbocycles. The summed E-state index contributed by atoms with van der Waals surface area (Å²) in [6.07, 6.45) is -1.06. The molecule has 228 valence electrons. The van der Waals surface area contributed by atoms with E-state index in [-0.39, 0.29) is 17.8 Å². The fourth-order valence-electron chi connectivity index (χ4n) is 5.22. The molecule has 2 fully saturated rings. The van der Waals surface area contributed by atoms with Crippen molar-refractivity contribution in [3.63, 3.8) is 0 Å². The van der Waals surface area contributed by atoms with Crippen LogP contribution in [-0.4, -0.2) is 57.5 Å². The molecule has 0 amide bonds. The zero-order chi connectivity index (χ0) is 30.3. The second-order valence-electron chi connectivity index (χ2n) is 10.9. The molecule has 2 unspecified atom stereocenters. The molecule has 2 aliphatic rings. The van der Waals surface area contributed by atoms with Crippen LogP contribution in [0.25, 0.3) is 11.2 Å². The molecular weight excluding hydrogens is 533 g/mol. The number of hydrogen-bond donors (Lipinski definition) is 1. The molecule has 8 nitrogen and oxygen atoms in total. The first-order chi connectivity index (χ1) is 19.5. The number of aromatic nitrogens is 4. The molecule has 0 aliphatic carbocycles. The lowest BCUT2D eigenvalue weighted by molar-refractivity contribution is -0.137. The Hall–Kier alpha value is -2.92. The highest BCUT2D eigenvalue weighted by molar-refractivity contribution is 5.84. The highest BCUT2D eigenvalue weighted by Crippen LogP contribution is 2.29. The third-order valence-corrected chi connectivity index (χ3v) is 7.26. The van der Waals surface area contributed by atoms with Crippen molar-refractivity contribution >= 4 is 17.0 Å². The maximum absolute atomic E-state index is 12.5. The Kier molecular flexibility index (Phi) is 11.4. The molecule has 4 heterocycles. The topological polar surface area (TPSA) is 77.2 Å². The highest BCUT2D eigenvalue weighted by Gasteiger charge is 2.30. The molecule has 0 bridgehead atoms. The molecule has 1 aromatic carbocycles. The third kappa shape index (κ3) is 8.09. The van der Waals surface area contributed by atoms with Gasteiger partial charge in [0, 0.05) is 39.3 Å². The van der Waals surface area contributed by atoms with E-state index in [0.717, 1.165) is 86.7 Å². The Bertz CT molecular complexity index is 1310. The largest absolute Gasteiger partial charge is 0.416 e. The van der Waals surface area contributed by atoms with Crippen LogP contribution in [0.2, 0.25) is 0 Å². The first kappa shape index (κ1) is 32.6. The second-order valence-corrected chi connectivity index (χ2v) is 10.9. The zero-order valence-electron chi connectivity index (χ0n) is 25.4. The number of aryl methyl sites for hydroxylation is 2. The van der Waals surface area contributed by atoms with Crippen molar-refractivity contribution in [1.82, 2.24) is 24.4 Å². The normalized spacial score (nSPS) is 19.1. The Morgan fingerprint density at radius 3 is 2.39 bits per heavy atom. The number of anilines is 1. The third-order valence-electron chi connectivity index (χ3n) is 7.26. The molecule has 0 radical (unpaired) electrons. The maximum atomic E-state index is 12.5. The van der Waals surface area contributed by atoms with Crippen LogP contribution in [0, 0.1) is 12.8 Å². The van der Waals surface area contributed by atoms with E-state index in [1.807, 2.05) is 34.6 Å². The van der Waals surface area contributed by atoms with Crippen LogP contribution in [-0.2, 0) is 30.9 Å². The number of fused-ring (bicyclic) bond motifs is 1. The average Bonchev–Trinajstić information content (AvgIpc) is 3.56. The Balaban J connectivity index is 0.000000247. The number of hydrogen-bond acceptors (Lipinski definition) is 6. The summed E-state index contributed by atoms with van der Waals surface area (Å²) in [5.41, 5.74) is 1.79. The summed E-state index contributed by atoms with van der Waals surface area (Å²) in [5.74, 6) is 2.07. The van der Waals surface area contributed by atoms with Crippen molar-refractivity contribution < 1.29 is 17.9 Å². The number of halogens is 3. The van der Waals surface area contributed by atoms with E-state index in [2.05, 4.69) is 26.7 Å². The molecule has 3 aromatic rings. The lowest BCUT2D eigenvalue weighted by atomic mass is 10.0. The zero-order valence-corrected chi connectivity index (χ0v) is 25.4. The van der Waals surface area contributed by atoms with Crippen LogP contribution >= 0.6 is 0 Å². The minimum absolute atomic E-state index is 0.195. The van der Waals surface area contributed by atoms with E-state index < -0.39 is 11.7 Å². The fraction of sp³-hybridized carbons (Fsp3) is 0.633. The summed E-state index contributed by atoms with van der Waals surface area (Å²) in [5, 5.41) is 3.38. The van der Waals surface area contributed by atoms with Gasteiger partial charge in [0.25, 0.3) is 0 Å². The quantitative estimate of drug-likeness (QED) is 0.440. The average molecular weight is 579 g/mol. The first-order valence-electron chi connectivity index (χ1n) is 14.6. The molecule has 0 spiro atoms. The number of alkyl halides is 3. The van der Waals surface area contributed by atoms with Crippen molar-refractivity contribution in [2.75, 3.05) is 31.1 Å². The number of imidazole rings is 1. The van der Waals surface area contributed by atoms with E-state index in [1.54, 1.807) is 23.7 Å². The molecule has 41 heavy (non-hydrogen) atoms. The number of piperazine rings is 1. The van der Waals surface area contributed by atoms with Crippen molar-refractivity contribution in [2.45, 2.75) is 85.7 Å². The highest BCUT2D eigenvalue weighted by atomic mass is 19.4. The van der Waals surface area contributed by atoms with Crippen LogP contribution in [0.1, 0.15) is 64.4 Å². The predicted octanol–water partition coefficient (Wildman–Crippen LogP) is 5.35. The number of nitrogens with zero attached hydrogens (tertiary/aromatic N) is 5. The molecule has 2 saturated heterocycles. The summed E-state index contributed by atoms with van der Waals surface area (Å²) in [4.78, 5) is 23.9. The lowest BCUT2D eigenvalue weighted by Gasteiger charge is -2.34. The molecule has 2 aliphatic heterocycles. The van der Waals surface area contributed by atoms with Crippen LogP contribution in [0.15, 0.2) is 29.1 Å². The van der Waals surface area contributed by atoms with Crippen molar-refractivity contribution in [3.8, 4) is 0 Å². The maximum Gasteiger partial charge on any atom is 0.416 e. The fourth-order valence-corrected chi connectivity index (χ4v) is 5.22. The van der Waals surface area contributed by atoms with Crippen molar-refractivity contribution in [1.29, 1.82) is 0 Å². The van der Waals surface area contributed by atoms with Gasteiger partial charge in [-0.2, -0.15) is 18.2 Å². The van der Waals surface area contributed by atoms with Gasteiger partial charge in [-0.25, -0.2) is 9.78 Å². The smallest absolute Gasteiger partial charge is 0.376 e. The number of ether oxygens (including phenoxy) is 1. The van der Waals surface area contributed by atoms with Gasteiger partial charge >= 0.3 is 11.9 Å². The van der Waals surface area contributed by atoms with Gasteiger partial charge in [-0.3, -0.25) is 4.57 Å². The number of nitrogens with one attached hydrogen (secondary N) is 1. The van der Waals surface area contributed by atoms with Gasteiger partial charge in [0.15, 0.2) is 5.82 Å². The molecular formula is C30H45F3N6O2. The first-order valence-corrected chi connectivity index (χ1v) is 14.6. The SMILES string of the molecule is CC.CC(C)Cc1ccc(C(F)(F)F)cc1.Cc1nc2c(N3CCNCC3C)nc(=O)n(C)c2n1CC1CCCO1. The summed E-state index contributed by atoms with van der Waals surface area (Å²) in [7, 11) is 1.77. The summed E-state index contributed by atoms with van der Waals surface area (Å²) >= 11 is 0.